The van der Waals surface area contributed by atoms with Crippen molar-refractivity contribution in [2.75, 3.05) is 7.11 Å². The smallest absolute Gasteiger partial charge is 0.329 e. The summed E-state index contributed by atoms with van der Waals surface area (Å²) in [5, 5.41) is 2.65. The van der Waals surface area contributed by atoms with Crippen molar-refractivity contribution in [3.8, 4) is 5.75 Å². The zero-order chi connectivity index (χ0) is 18.0. The predicted molar refractivity (Wildman–Crippen MR) is 112 cm³/mol. The number of hydrogen-bond donors (Lipinski definition) is 1. The molecule has 2 aromatic rings. The van der Waals surface area contributed by atoms with Gasteiger partial charge in [-0.15, -0.1) is 0 Å². The molecule has 0 bridgehead atoms. The monoisotopic (exact) mass is 560 g/mol. The summed E-state index contributed by atoms with van der Waals surface area (Å²) in [4.78, 5) is 25.9. The molecule has 0 radical (unpaired) electrons. The van der Waals surface area contributed by atoms with Crippen LogP contribution in [0.2, 0.25) is 0 Å². The fourth-order valence-corrected chi connectivity index (χ4v) is 4.76. The van der Waals surface area contributed by atoms with Gasteiger partial charge < -0.3 is 10.1 Å². The van der Waals surface area contributed by atoms with Crippen LogP contribution >= 0.6 is 45.2 Å². The van der Waals surface area contributed by atoms with Crippen molar-refractivity contribution in [2.45, 2.75) is 6.54 Å². The van der Waals surface area contributed by atoms with Crippen LogP contribution < -0.4 is 10.1 Å². The topological polar surface area (TPSA) is 58.6 Å². The van der Waals surface area contributed by atoms with Gasteiger partial charge in [-0.05, 0) is 74.5 Å². The molecule has 25 heavy (non-hydrogen) atoms. The first kappa shape index (κ1) is 18.2. The summed E-state index contributed by atoms with van der Waals surface area (Å²) in [6.45, 7) is 0.251. The van der Waals surface area contributed by atoms with Gasteiger partial charge in [0.25, 0.3) is 5.91 Å². The Hall–Kier alpha value is -1.62. The average molecular weight is 560 g/mol. The normalized spacial score (nSPS) is 15.6. The summed E-state index contributed by atoms with van der Waals surface area (Å²) in [5.41, 5.74) is 2.01. The number of ether oxygens (including phenoxy) is 1. The highest BCUT2D eigenvalue weighted by Crippen LogP contribution is 2.29. The quantitative estimate of drug-likeness (QED) is 0.350. The summed E-state index contributed by atoms with van der Waals surface area (Å²) in [6.07, 6.45) is 1.69. The third-order valence-corrected chi connectivity index (χ3v) is 5.28. The summed E-state index contributed by atoms with van der Waals surface area (Å²) < 4.78 is 7.22. The number of nitrogens with one attached hydrogen (secondary N) is 1. The number of halogens is 2. The number of imide groups is 1. The second kappa shape index (κ2) is 7.73. The molecule has 0 atom stereocenters. The first-order valence-corrected chi connectivity index (χ1v) is 9.57. The number of carbonyl (C=O) groups excluding carboxylic acids is 2. The lowest BCUT2D eigenvalue weighted by Gasteiger charge is -2.11. The van der Waals surface area contributed by atoms with Crippen molar-refractivity contribution in [3.63, 3.8) is 0 Å². The molecule has 0 aromatic heterocycles. The maximum atomic E-state index is 12.6. The van der Waals surface area contributed by atoms with Gasteiger partial charge in [0.05, 0.1) is 20.8 Å². The maximum Gasteiger partial charge on any atom is 0.329 e. The third kappa shape index (κ3) is 3.97. The van der Waals surface area contributed by atoms with Crippen molar-refractivity contribution in [1.82, 2.24) is 10.2 Å². The minimum atomic E-state index is -0.405. The van der Waals surface area contributed by atoms with Gasteiger partial charge in [-0.25, -0.2) is 4.79 Å². The van der Waals surface area contributed by atoms with Crippen molar-refractivity contribution in [2.24, 2.45) is 0 Å². The van der Waals surface area contributed by atoms with E-state index in [1.54, 1.807) is 13.2 Å². The van der Waals surface area contributed by atoms with Gasteiger partial charge >= 0.3 is 6.03 Å². The summed E-state index contributed by atoms with van der Waals surface area (Å²) in [7, 11) is 1.62. The Morgan fingerprint density at radius 1 is 1.12 bits per heavy atom. The molecule has 0 aliphatic carbocycles. The van der Waals surface area contributed by atoms with Crippen molar-refractivity contribution < 1.29 is 14.3 Å². The van der Waals surface area contributed by atoms with Crippen molar-refractivity contribution >= 4 is 63.2 Å². The van der Waals surface area contributed by atoms with Crippen LogP contribution in [0.1, 0.15) is 11.1 Å². The lowest BCUT2D eigenvalue weighted by Crippen LogP contribution is -2.30. The van der Waals surface area contributed by atoms with E-state index in [4.69, 9.17) is 4.74 Å². The van der Waals surface area contributed by atoms with Gasteiger partial charge in [0.2, 0.25) is 0 Å². The Labute approximate surface area is 172 Å². The largest absolute Gasteiger partial charge is 0.495 e. The number of urea groups is 1. The molecule has 0 saturated carbocycles. The molecule has 5 nitrogen and oxygen atoms in total. The lowest BCUT2D eigenvalue weighted by atomic mass is 10.1. The highest BCUT2D eigenvalue weighted by Gasteiger charge is 2.33. The molecule has 0 spiro atoms. The molecule has 128 valence electrons. The van der Waals surface area contributed by atoms with E-state index in [-0.39, 0.29) is 18.1 Å². The van der Waals surface area contributed by atoms with Crippen molar-refractivity contribution in [3.05, 3.63) is 66.4 Å². The molecule has 2 aromatic carbocycles. The summed E-state index contributed by atoms with van der Waals surface area (Å²) in [6, 6.07) is 12.8. The average Bonchev–Trinajstić information content (AvgIpc) is 2.83. The number of carbonyl (C=O) groups is 2. The van der Waals surface area contributed by atoms with Gasteiger partial charge in [-0.3, -0.25) is 9.69 Å². The van der Waals surface area contributed by atoms with E-state index < -0.39 is 6.03 Å². The van der Waals surface area contributed by atoms with E-state index in [1.807, 2.05) is 42.5 Å². The fourth-order valence-electron chi connectivity index (χ4n) is 2.51. The predicted octanol–water partition coefficient (Wildman–Crippen LogP) is 4.00. The second-order valence-corrected chi connectivity index (χ2v) is 7.71. The molecule has 1 aliphatic rings. The third-order valence-electron chi connectivity index (χ3n) is 3.68. The molecule has 3 rings (SSSR count). The fraction of sp³-hybridized carbons (Fsp3) is 0.111. The molecular formula is C18H14I2N2O3. The SMILES string of the molecule is COc1c(I)cc(/C=C2/NC(=O)N(Cc3ccccc3)C2=O)cc1I. The van der Waals surface area contributed by atoms with E-state index in [0.29, 0.717) is 0 Å². The van der Waals surface area contributed by atoms with Crippen LogP contribution in [0, 0.1) is 7.14 Å². The number of amides is 3. The Balaban J connectivity index is 1.85. The number of rotatable bonds is 4. The number of nitrogens with zero attached hydrogens (tertiary/aromatic N) is 1. The molecule has 1 saturated heterocycles. The van der Waals surface area contributed by atoms with E-state index in [0.717, 1.165) is 24.0 Å². The number of hydrogen-bond acceptors (Lipinski definition) is 3. The highest BCUT2D eigenvalue weighted by atomic mass is 127. The molecule has 1 N–H and O–H groups in total. The molecule has 1 heterocycles. The second-order valence-electron chi connectivity index (χ2n) is 5.38. The van der Waals surface area contributed by atoms with E-state index >= 15 is 0 Å². The van der Waals surface area contributed by atoms with Crippen LogP contribution in [0.4, 0.5) is 4.79 Å². The van der Waals surface area contributed by atoms with Crippen LogP contribution in [0.3, 0.4) is 0 Å². The van der Waals surface area contributed by atoms with E-state index in [9.17, 15) is 9.59 Å². The lowest BCUT2D eigenvalue weighted by molar-refractivity contribution is -0.123. The van der Waals surface area contributed by atoms with Crippen LogP contribution in [-0.2, 0) is 11.3 Å². The molecule has 1 fully saturated rings. The highest BCUT2D eigenvalue weighted by molar-refractivity contribution is 14.1. The number of benzene rings is 2. The van der Waals surface area contributed by atoms with Crippen LogP contribution in [0.25, 0.3) is 6.08 Å². The van der Waals surface area contributed by atoms with E-state index in [2.05, 4.69) is 50.5 Å². The minimum Gasteiger partial charge on any atom is -0.495 e. The molecule has 7 heteroatoms. The Morgan fingerprint density at radius 2 is 1.76 bits per heavy atom. The van der Waals surface area contributed by atoms with E-state index in [1.165, 1.54) is 4.90 Å². The van der Waals surface area contributed by atoms with Gasteiger partial charge in [-0.1, -0.05) is 30.3 Å². The van der Waals surface area contributed by atoms with Crippen LogP contribution in [0.5, 0.6) is 5.75 Å². The summed E-state index contributed by atoms with van der Waals surface area (Å²) >= 11 is 4.37. The Bertz CT molecular complexity index is 843. The Morgan fingerprint density at radius 3 is 2.36 bits per heavy atom. The number of methoxy groups -OCH3 is 1. The first-order valence-electron chi connectivity index (χ1n) is 7.41. The van der Waals surface area contributed by atoms with Crippen molar-refractivity contribution in [1.29, 1.82) is 0 Å². The van der Waals surface area contributed by atoms with Gasteiger partial charge in [0.1, 0.15) is 11.4 Å². The molecule has 3 amide bonds. The standard InChI is InChI=1S/C18H14I2N2O3/c1-25-16-13(19)7-12(8-14(16)20)9-15-17(23)22(18(24)21-15)10-11-5-3-2-4-6-11/h2-9H,10H2,1H3,(H,21,24)/b15-9+. The van der Waals surface area contributed by atoms with Crippen LogP contribution in [-0.4, -0.2) is 23.9 Å². The van der Waals surface area contributed by atoms with Gasteiger partial charge in [0.15, 0.2) is 0 Å². The van der Waals surface area contributed by atoms with Crippen LogP contribution in [0.15, 0.2) is 48.2 Å². The zero-order valence-electron chi connectivity index (χ0n) is 13.3. The van der Waals surface area contributed by atoms with Gasteiger partial charge in [-0.2, -0.15) is 0 Å². The minimum absolute atomic E-state index is 0.251. The maximum absolute atomic E-state index is 12.6. The molecule has 0 unspecified atom stereocenters. The van der Waals surface area contributed by atoms with Gasteiger partial charge in [0, 0.05) is 0 Å². The Kier molecular flexibility index (Phi) is 5.62. The summed E-state index contributed by atoms with van der Waals surface area (Å²) in [5.74, 6) is 0.477. The first-order chi connectivity index (χ1) is 12.0. The zero-order valence-corrected chi connectivity index (χ0v) is 17.6. The molecule has 1 aliphatic heterocycles. The molecular weight excluding hydrogens is 546 g/mol.